The van der Waals surface area contributed by atoms with Gasteiger partial charge in [-0.1, -0.05) is 13.8 Å². The van der Waals surface area contributed by atoms with Crippen LogP contribution in [0.3, 0.4) is 0 Å². The molecular weight excluding hydrogens is 160 g/mol. The number of piperidine rings is 1. The topological polar surface area (TPSA) is 15.3 Å². The summed E-state index contributed by atoms with van der Waals surface area (Å²) >= 11 is 0. The van der Waals surface area contributed by atoms with E-state index in [0.717, 1.165) is 17.9 Å². The standard InChI is InChI=1S/C11H22N2/c1-9-7-13(8-10(9)2)11-4-3-5-12-6-11/h9-12H,3-8H2,1-2H3. The summed E-state index contributed by atoms with van der Waals surface area (Å²) in [7, 11) is 0. The number of rotatable bonds is 1. The Morgan fingerprint density at radius 3 is 2.38 bits per heavy atom. The van der Waals surface area contributed by atoms with Gasteiger partial charge in [-0.3, -0.25) is 4.90 Å². The first-order valence-corrected chi connectivity index (χ1v) is 5.72. The molecule has 0 radical (unpaired) electrons. The van der Waals surface area contributed by atoms with E-state index in [1.54, 1.807) is 0 Å². The third kappa shape index (κ3) is 2.05. The van der Waals surface area contributed by atoms with Gasteiger partial charge < -0.3 is 5.32 Å². The molecule has 2 saturated heterocycles. The van der Waals surface area contributed by atoms with Crippen LogP contribution in [0, 0.1) is 11.8 Å². The van der Waals surface area contributed by atoms with Crippen molar-refractivity contribution in [2.75, 3.05) is 26.2 Å². The van der Waals surface area contributed by atoms with Gasteiger partial charge >= 0.3 is 0 Å². The van der Waals surface area contributed by atoms with Gasteiger partial charge in [-0.15, -0.1) is 0 Å². The van der Waals surface area contributed by atoms with Gasteiger partial charge in [0.05, 0.1) is 0 Å². The Morgan fingerprint density at radius 2 is 1.85 bits per heavy atom. The second kappa shape index (κ2) is 3.97. The summed E-state index contributed by atoms with van der Waals surface area (Å²) in [6.07, 6.45) is 2.77. The van der Waals surface area contributed by atoms with E-state index in [-0.39, 0.29) is 0 Å². The molecular formula is C11H22N2. The van der Waals surface area contributed by atoms with Crippen LogP contribution in [0.15, 0.2) is 0 Å². The second-order valence-corrected chi connectivity index (χ2v) is 4.91. The van der Waals surface area contributed by atoms with Gasteiger partial charge in [-0.2, -0.15) is 0 Å². The van der Waals surface area contributed by atoms with E-state index in [1.807, 2.05) is 0 Å². The Balaban J connectivity index is 1.87. The zero-order chi connectivity index (χ0) is 9.26. The second-order valence-electron chi connectivity index (χ2n) is 4.91. The minimum atomic E-state index is 0.834. The molecule has 0 spiro atoms. The third-order valence-corrected chi connectivity index (χ3v) is 3.80. The molecule has 2 aliphatic heterocycles. The molecule has 3 unspecified atom stereocenters. The van der Waals surface area contributed by atoms with E-state index in [4.69, 9.17) is 0 Å². The van der Waals surface area contributed by atoms with Gasteiger partial charge in [0, 0.05) is 25.7 Å². The predicted molar refractivity (Wildman–Crippen MR) is 55.8 cm³/mol. The van der Waals surface area contributed by atoms with E-state index < -0.39 is 0 Å². The molecule has 2 rings (SSSR count). The van der Waals surface area contributed by atoms with E-state index >= 15 is 0 Å². The minimum Gasteiger partial charge on any atom is -0.315 e. The fraction of sp³-hybridized carbons (Fsp3) is 1.00. The molecule has 2 heteroatoms. The molecule has 2 aliphatic rings. The predicted octanol–water partition coefficient (Wildman–Crippen LogP) is 1.33. The number of hydrogen-bond donors (Lipinski definition) is 1. The summed E-state index contributed by atoms with van der Waals surface area (Å²) in [6, 6.07) is 0.834. The molecule has 1 N–H and O–H groups in total. The third-order valence-electron chi connectivity index (χ3n) is 3.80. The average molecular weight is 182 g/mol. The molecule has 13 heavy (non-hydrogen) atoms. The van der Waals surface area contributed by atoms with Gasteiger partial charge in [-0.25, -0.2) is 0 Å². The van der Waals surface area contributed by atoms with Crippen LogP contribution < -0.4 is 5.32 Å². The summed E-state index contributed by atoms with van der Waals surface area (Å²) in [6.45, 7) is 9.89. The Kier molecular flexibility index (Phi) is 2.89. The Hall–Kier alpha value is -0.0800. The van der Waals surface area contributed by atoms with Crippen molar-refractivity contribution in [1.29, 1.82) is 0 Å². The highest BCUT2D eigenvalue weighted by Gasteiger charge is 2.31. The van der Waals surface area contributed by atoms with Crippen LogP contribution in [-0.4, -0.2) is 37.1 Å². The normalized spacial score (nSPS) is 42.5. The van der Waals surface area contributed by atoms with Crippen molar-refractivity contribution in [3.8, 4) is 0 Å². The molecule has 2 fully saturated rings. The summed E-state index contributed by atoms with van der Waals surface area (Å²) in [5.74, 6) is 1.81. The number of nitrogens with one attached hydrogen (secondary N) is 1. The summed E-state index contributed by atoms with van der Waals surface area (Å²) in [4.78, 5) is 2.70. The Morgan fingerprint density at radius 1 is 1.15 bits per heavy atom. The van der Waals surface area contributed by atoms with Crippen molar-refractivity contribution in [2.45, 2.75) is 32.7 Å². The maximum Gasteiger partial charge on any atom is 0.0221 e. The first kappa shape index (κ1) is 9.47. The van der Waals surface area contributed by atoms with Gasteiger partial charge in [0.2, 0.25) is 0 Å². The monoisotopic (exact) mass is 182 g/mol. The lowest BCUT2D eigenvalue weighted by molar-refractivity contribution is 0.195. The van der Waals surface area contributed by atoms with E-state index in [2.05, 4.69) is 24.1 Å². The van der Waals surface area contributed by atoms with Crippen molar-refractivity contribution in [3.63, 3.8) is 0 Å². The largest absolute Gasteiger partial charge is 0.315 e. The van der Waals surface area contributed by atoms with Crippen LogP contribution in [-0.2, 0) is 0 Å². The minimum absolute atomic E-state index is 0.834. The van der Waals surface area contributed by atoms with E-state index in [9.17, 15) is 0 Å². The molecule has 76 valence electrons. The van der Waals surface area contributed by atoms with Gasteiger partial charge in [0.25, 0.3) is 0 Å². The Labute approximate surface area is 81.7 Å². The SMILES string of the molecule is CC1CN(C2CCCNC2)CC1C. The van der Waals surface area contributed by atoms with Crippen molar-refractivity contribution in [2.24, 2.45) is 11.8 Å². The highest BCUT2D eigenvalue weighted by atomic mass is 15.2. The van der Waals surface area contributed by atoms with Crippen molar-refractivity contribution in [1.82, 2.24) is 10.2 Å². The molecule has 0 bridgehead atoms. The molecule has 0 aliphatic carbocycles. The molecule has 0 aromatic rings. The lowest BCUT2D eigenvalue weighted by atomic mass is 10.0. The molecule has 0 aromatic heterocycles. The number of hydrogen-bond acceptors (Lipinski definition) is 2. The van der Waals surface area contributed by atoms with Crippen LogP contribution in [0.5, 0.6) is 0 Å². The smallest absolute Gasteiger partial charge is 0.0221 e. The van der Waals surface area contributed by atoms with Crippen LogP contribution in [0.1, 0.15) is 26.7 Å². The van der Waals surface area contributed by atoms with Crippen LogP contribution >= 0.6 is 0 Å². The maximum atomic E-state index is 3.50. The van der Waals surface area contributed by atoms with Crippen molar-refractivity contribution >= 4 is 0 Å². The highest BCUT2D eigenvalue weighted by molar-refractivity contribution is 4.86. The van der Waals surface area contributed by atoms with Gasteiger partial charge in [0.15, 0.2) is 0 Å². The Bertz CT molecular complexity index is 153. The molecule has 0 aromatic carbocycles. The number of likely N-dealkylation sites (tertiary alicyclic amines) is 1. The fourth-order valence-corrected chi connectivity index (χ4v) is 2.62. The summed E-state index contributed by atoms with van der Waals surface area (Å²) in [5.41, 5.74) is 0. The first-order chi connectivity index (χ1) is 6.27. The summed E-state index contributed by atoms with van der Waals surface area (Å²) < 4.78 is 0. The van der Waals surface area contributed by atoms with Crippen LogP contribution in [0.4, 0.5) is 0 Å². The molecule has 0 amide bonds. The van der Waals surface area contributed by atoms with Crippen LogP contribution in [0.2, 0.25) is 0 Å². The molecule has 2 heterocycles. The lowest BCUT2D eigenvalue weighted by Crippen LogP contribution is -2.45. The molecule has 2 nitrogen and oxygen atoms in total. The van der Waals surface area contributed by atoms with Gasteiger partial charge in [0.1, 0.15) is 0 Å². The molecule has 0 saturated carbocycles. The maximum absolute atomic E-state index is 3.50. The van der Waals surface area contributed by atoms with Crippen molar-refractivity contribution < 1.29 is 0 Å². The highest BCUT2D eigenvalue weighted by Crippen LogP contribution is 2.25. The summed E-state index contributed by atoms with van der Waals surface area (Å²) in [5, 5.41) is 3.50. The zero-order valence-electron chi connectivity index (χ0n) is 8.92. The van der Waals surface area contributed by atoms with Gasteiger partial charge in [-0.05, 0) is 31.2 Å². The van der Waals surface area contributed by atoms with Crippen molar-refractivity contribution in [3.05, 3.63) is 0 Å². The lowest BCUT2D eigenvalue weighted by Gasteiger charge is -2.31. The van der Waals surface area contributed by atoms with Crippen LogP contribution in [0.25, 0.3) is 0 Å². The quantitative estimate of drug-likeness (QED) is 0.658. The van der Waals surface area contributed by atoms with E-state index in [1.165, 1.54) is 39.0 Å². The average Bonchev–Trinajstić information content (AvgIpc) is 2.49. The molecule has 3 atom stereocenters. The fourth-order valence-electron chi connectivity index (χ4n) is 2.62. The zero-order valence-corrected chi connectivity index (χ0v) is 8.92. The first-order valence-electron chi connectivity index (χ1n) is 5.72. The van der Waals surface area contributed by atoms with E-state index in [0.29, 0.717) is 0 Å². The number of nitrogens with zero attached hydrogens (tertiary/aromatic N) is 1.